The summed E-state index contributed by atoms with van der Waals surface area (Å²) in [5.74, 6) is -2.14. The number of hydrogen-bond acceptors (Lipinski definition) is 5. The number of rotatable bonds is 4. The zero-order valence-corrected chi connectivity index (χ0v) is 13.6. The van der Waals surface area contributed by atoms with Crippen LogP contribution in [0.1, 0.15) is 63.2 Å². The lowest BCUT2D eigenvalue weighted by Gasteiger charge is -2.12. The number of aromatic nitrogens is 2. The Kier molecular flexibility index (Phi) is 3.92. The minimum absolute atomic E-state index is 0.0596. The lowest BCUT2D eigenvalue weighted by molar-refractivity contribution is -0.0589. The Morgan fingerprint density at radius 2 is 1.79 bits per heavy atom. The van der Waals surface area contributed by atoms with Crippen molar-refractivity contribution in [3.63, 3.8) is 0 Å². The van der Waals surface area contributed by atoms with Crippen molar-refractivity contribution in [1.29, 1.82) is 0 Å². The normalized spacial score (nSPS) is 14.7. The number of carbonyl (C=O) groups is 3. The molecule has 2 amide bonds. The maximum atomic E-state index is 12.3. The highest BCUT2D eigenvalue weighted by Crippen LogP contribution is 2.23. The minimum Gasteiger partial charge on any atom is -0.322 e. The second-order valence-corrected chi connectivity index (χ2v) is 5.70. The quantitative estimate of drug-likeness (QED) is 0.806. The van der Waals surface area contributed by atoms with E-state index in [4.69, 9.17) is 4.84 Å². The van der Waals surface area contributed by atoms with Gasteiger partial charge in [0.2, 0.25) is 0 Å². The standard InChI is InChI=1S/C17H17N3O4/c1-4-10(2)19-11(3)9-14(18-19)17(23)24-20-15(21)12-7-5-6-8-13(12)16(20)22/h5-10H,4H2,1-3H3. The summed E-state index contributed by atoms with van der Waals surface area (Å²) in [4.78, 5) is 41.7. The van der Waals surface area contributed by atoms with Crippen LogP contribution < -0.4 is 0 Å². The van der Waals surface area contributed by atoms with Crippen LogP contribution in [0, 0.1) is 6.92 Å². The Bertz CT molecular complexity index is 805. The van der Waals surface area contributed by atoms with Gasteiger partial charge in [-0.05, 0) is 38.5 Å². The maximum Gasteiger partial charge on any atom is 0.384 e. The molecular weight excluding hydrogens is 310 g/mol. The summed E-state index contributed by atoms with van der Waals surface area (Å²) in [6, 6.07) is 8.04. The number of hydrogen-bond donors (Lipinski definition) is 0. The molecule has 1 aromatic carbocycles. The van der Waals surface area contributed by atoms with Crippen LogP contribution in [0.5, 0.6) is 0 Å². The Hall–Kier alpha value is -2.96. The molecule has 1 aliphatic rings. The smallest absolute Gasteiger partial charge is 0.322 e. The van der Waals surface area contributed by atoms with E-state index in [-0.39, 0.29) is 22.9 Å². The van der Waals surface area contributed by atoms with E-state index in [9.17, 15) is 14.4 Å². The zero-order valence-electron chi connectivity index (χ0n) is 13.6. The molecule has 1 unspecified atom stereocenters. The molecule has 0 saturated carbocycles. The molecule has 2 heterocycles. The molecule has 0 radical (unpaired) electrons. The summed E-state index contributed by atoms with van der Waals surface area (Å²) >= 11 is 0. The molecule has 24 heavy (non-hydrogen) atoms. The molecule has 3 rings (SSSR count). The van der Waals surface area contributed by atoms with Gasteiger partial charge in [-0.2, -0.15) is 5.10 Å². The number of fused-ring (bicyclic) bond motifs is 1. The van der Waals surface area contributed by atoms with E-state index in [1.165, 1.54) is 12.1 Å². The van der Waals surface area contributed by atoms with Crippen LogP contribution in [0.2, 0.25) is 0 Å². The number of imide groups is 1. The highest BCUT2D eigenvalue weighted by Gasteiger charge is 2.39. The Labute approximate surface area is 138 Å². The highest BCUT2D eigenvalue weighted by atomic mass is 16.7. The molecule has 7 nitrogen and oxygen atoms in total. The van der Waals surface area contributed by atoms with Crippen molar-refractivity contribution < 1.29 is 19.2 Å². The average Bonchev–Trinajstić information content (AvgIpc) is 3.08. The summed E-state index contributed by atoms with van der Waals surface area (Å²) in [5, 5.41) is 4.71. The van der Waals surface area contributed by atoms with E-state index >= 15 is 0 Å². The summed E-state index contributed by atoms with van der Waals surface area (Å²) in [7, 11) is 0. The van der Waals surface area contributed by atoms with Crippen LogP contribution in [0.3, 0.4) is 0 Å². The van der Waals surface area contributed by atoms with Gasteiger partial charge in [-0.3, -0.25) is 14.3 Å². The third-order valence-electron chi connectivity index (χ3n) is 4.07. The first-order chi connectivity index (χ1) is 11.4. The van der Waals surface area contributed by atoms with Gasteiger partial charge in [-0.15, -0.1) is 0 Å². The van der Waals surface area contributed by atoms with Gasteiger partial charge in [0.25, 0.3) is 11.8 Å². The fraction of sp³-hybridized carbons (Fsp3) is 0.294. The van der Waals surface area contributed by atoms with E-state index in [1.807, 2.05) is 20.8 Å². The van der Waals surface area contributed by atoms with Crippen LogP contribution >= 0.6 is 0 Å². The fourth-order valence-corrected chi connectivity index (χ4v) is 2.59. The van der Waals surface area contributed by atoms with Crippen LogP contribution in [0.4, 0.5) is 0 Å². The SMILES string of the molecule is CCC(C)n1nc(C(=O)ON2C(=O)c3ccccc3C2=O)cc1C. The van der Waals surface area contributed by atoms with Crippen molar-refractivity contribution in [1.82, 2.24) is 14.8 Å². The van der Waals surface area contributed by atoms with Gasteiger partial charge in [0.15, 0.2) is 5.69 Å². The van der Waals surface area contributed by atoms with Crippen LogP contribution in [0.25, 0.3) is 0 Å². The van der Waals surface area contributed by atoms with E-state index < -0.39 is 17.8 Å². The monoisotopic (exact) mass is 327 g/mol. The molecule has 0 aliphatic carbocycles. The number of nitrogens with zero attached hydrogens (tertiary/aromatic N) is 3. The van der Waals surface area contributed by atoms with Gasteiger partial charge in [0.1, 0.15) is 0 Å². The second-order valence-electron chi connectivity index (χ2n) is 5.70. The first-order valence-electron chi connectivity index (χ1n) is 7.70. The number of amides is 2. The lowest BCUT2D eigenvalue weighted by atomic mass is 10.1. The Morgan fingerprint density at radius 3 is 2.33 bits per heavy atom. The largest absolute Gasteiger partial charge is 0.384 e. The number of hydroxylamine groups is 2. The van der Waals surface area contributed by atoms with E-state index in [0.29, 0.717) is 5.06 Å². The predicted molar refractivity (Wildman–Crippen MR) is 84.3 cm³/mol. The first-order valence-corrected chi connectivity index (χ1v) is 7.70. The lowest BCUT2D eigenvalue weighted by Crippen LogP contribution is -2.32. The number of aryl methyl sites for hydroxylation is 1. The van der Waals surface area contributed by atoms with E-state index in [2.05, 4.69) is 5.10 Å². The molecule has 0 N–H and O–H groups in total. The number of benzene rings is 1. The van der Waals surface area contributed by atoms with Crippen LogP contribution in [-0.2, 0) is 4.84 Å². The van der Waals surface area contributed by atoms with Gasteiger partial charge in [0, 0.05) is 11.7 Å². The van der Waals surface area contributed by atoms with Crippen molar-refractivity contribution in [2.75, 3.05) is 0 Å². The summed E-state index contributed by atoms with van der Waals surface area (Å²) in [6.45, 7) is 5.83. The minimum atomic E-state index is -0.838. The summed E-state index contributed by atoms with van der Waals surface area (Å²) < 4.78 is 1.72. The maximum absolute atomic E-state index is 12.3. The molecule has 0 bridgehead atoms. The molecular formula is C17H17N3O4. The molecule has 1 aliphatic heterocycles. The summed E-state index contributed by atoms with van der Waals surface area (Å²) in [6.07, 6.45) is 0.857. The molecule has 0 fully saturated rings. The third kappa shape index (κ3) is 2.47. The van der Waals surface area contributed by atoms with Gasteiger partial charge in [0.05, 0.1) is 11.1 Å². The molecule has 7 heteroatoms. The zero-order chi connectivity index (χ0) is 17.4. The van der Waals surface area contributed by atoms with Crippen molar-refractivity contribution in [3.8, 4) is 0 Å². The van der Waals surface area contributed by atoms with Crippen molar-refractivity contribution in [2.45, 2.75) is 33.2 Å². The first kappa shape index (κ1) is 15.9. The molecule has 1 atom stereocenters. The third-order valence-corrected chi connectivity index (χ3v) is 4.07. The van der Waals surface area contributed by atoms with Gasteiger partial charge < -0.3 is 4.84 Å². The summed E-state index contributed by atoms with van der Waals surface area (Å²) in [5.41, 5.74) is 1.30. The van der Waals surface area contributed by atoms with Gasteiger partial charge >= 0.3 is 5.97 Å². The number of carbonyl (C=O) groups excluding carboxylic acids is 3. The molecule has 124 valence electrons. The van der Waals surface area contributed by atoms with Gasteiger partial charge in [-0.25, -0.2) is 4.79 Å². The molecule has 0 spiro atoms. The van der Waals surface area contributed by atoms with Crippen molar-refractivity contribution in [2.24, 2.45) is 0 Å². The topological polar surface area (TPSA) is 81.5 Å². The van der Waals surface area contributed by atoms with Crippen molar-refractivity contribution >= 4 is 17.8 Å². The molecule has 1 aromatic heterocycles. The fourth-order valence-electron chi connectivity index (χ4n) is 2.59. The van der Waals surface area contributed by atoms with Crippen molar-refractivity contribution in [3.05, 3.63) is 52.8 Å². The second kappa shape index (κ2) is 5.92. The van der Waals surface area contributed by atoms with E-state index in [1.54, 1.807) is 22.9 Å². The molecule has 0 saturated heterocycles. The van der Waals surface area contributed by atoms with Crippen LogP contribution in [-0.4, -0.2) is 32.6 Å². The predicted octanol–water partition coefficient (Wildman–Crippen LogP) is 2.53. The van der Waals surface area contributed by atoms with Crippen LogP contribution in [0.15, 0.2) is 30.3 Å². The van der Waals surface area contributed by atoms with Gasteiger partial charge in [-0.1, -0.05) is 24.1 Å². The highest BCUT2D eigenvalue weighted by molar-refractivity contribution is 6.21. The average molecular weight is 327 g/mol. The molecule has 2 aromatic rings. The van der Waals surface area contributed by atoms with E-state index in [0.717, 1.165) is 12.1 Å². The Balaban J connectivity index is 1.82. The Morgan fingerprint density at radius 1 is 1.21 bits per heavy atom.